The lowest BCUT2D eigenvalue weighted by atomic mass is 10.1. The zero-order valence-corrected chi connectivity index (χ0v) is 15.9. The van der Waals surface area contributed by atoms with Gasteiger partial charge in [-0.25, -0.2) is 0 Å². The van der Waals surface area contributed by atoms with E-state index in [9.17, 15) is 19.2 Å². The number of nitrogens with zero attached hydrogens (tertiary/aromatic N) is 1. The van der Waals surface area contributed by atoms with Gasteiger partial charge in [-0.2, -0.15) is 0 Å². The Bertz CT molecular complexity index is 732. The lowest BCUT2D eigenvalue weighted by Crippen LogP contribution is -2.39. The number of hydrogen-bond acceptors (Lipinski definition) is 4. The summed E-state index contributed by atoms with van der Waals surface area (Å²) in [5, 5.41) is 8.10. The topological polar surface area (TPSA) is 108 Å². The van der Waals surface area contributed by atoms with E-state index >= 15 is 0 Å². The number of anilines is 1. The van der Waals surface area contributed by atoms with Gasteiger partial charge in [0, 0.05) is 50.3 Å². The molecule has 4 amide bonds. The molecule has 1 aromatic rings. The summed E-state index contributed by atoms with van der Waals surface area (Å²) in [6.45, 7) is 6.23. The number of likely N-dealkylation sites (tertiary alicyclic amines) is 1. The first-order valence-corrected chi connectivity index (χ1v) is 9.01. The minimum atomic E-state index is -0.343. The van der Waals surface area contributed by atoms with E-state index < -0.39 is 0 Å². The summed E-state index contributed by atoms with van der Waals surface area (Å²) >= 11 is 0. The first kappa shape index (κ1) is 20.4. The van der Waals surface area contributed by atoms with Gasteiger partial charge < -0.3 is 20.9 Å². The number of nitrogens with one attached hydrogen (secondary N) is 3. The normalized spacial score (nSPS) is 16.4. The maximum atomic E-state index is 12.2. The number of amides is 4. The molecule has 27 heavy (non-hydrogen) atoms. The van der Waals surface area contributed by atoms with Crippen molar-refractivity contribution in [3.8, 4) is 0 Å². The molecule has 0 radical (unpaired) electrons. The monoisotopic (exact) mass is 374 g/mol. The first-order valence-electron chi connectivity index (χ1n) is 9.01. The maximum absolute atomic E-state index is 12.2. The van der Waals surface area contributed by atoms with Gasteiger partial charge in [-0.3, -0.25) is 19.2 Å². The number of carbonyl (C=O) groups is 4. The van der Waals surface area contributed by atoms with Crippen molar-refractivity contribution in [3.63, 3.8) is 0 Å². The molecule has 0 bridgehead atoms. The fourth-order valence-electron chi connectivity index (χ4n) is 2.96. The Morgan fingerprint density at radius 3 is 2.52 bits per heavy atom. The smallest absolute Gasteiger partial charge is 0.251 e. The van der Waals surface area contributed by atoms with Gasteiger partial charge in [-0.05, 0) is 32.0 Å². The minimum Gasteiger partial charge on any atom is -0.354 e. The number of hydrogen-bond donors (Lipinski definition) is 3. The van der Waals surface area contributed by atoms with Gasteiger partial charge in [-0.1, -0.05) is 6.07 Å². The van der Waals surface area contributed by atoms with Crippen LogP contribution < -0.4 is 16.0 Å². The van der Waals surface area contributed by atoms with Gasteiger partial charge in [-0.15, -0.1) is 0 Å². The molecule has 8 heteroatoms. The van der Waals surface area contributed by atoms with Crippen molar-refractivity contribution in [2.24, 2.45) is 5.92 Å². The second kappa shape index (κ2) is 9.16. The second-order valence-corrected chi connectivity index (χ2v) is 6.85. The lowest BCUT2D eigenvalue weighted by Gasteiger charge is -2.20. The molecule has 1 saturated heterocycles. The molecule has 0 saturated carbocycles. The van der Waals surface area contributed by atoms with Crippen LogP contribution in [-0.2, 0) is 14.4 Å². The molecule has 2 rings (SSSR count). The molecule has 1 atom stereocenters. The van der Waals surface area contributed by atoms with Crippen LogP contribution in [0.4, 0.5) is 5.69 Å². The Hall–Kier alpha value is -2.90. The van der Waals surface area contributed by atoms with Crippen molar-refractivity contribution in [3.05, 3.63) is 29.8 Å². The van der Waals surface area contributed by atoms with Crippen molar-refractivity contribution in [1.82, 2.24) is 15.5 Å². The van der Waals surface area contributed by atoms with Crippen LogP contribution in [0.2, 0.25) is 0 Å². The molecule has 1 fully saturated rings. The summed E-state index contributed by atoms with van der Waals surface area (Å²) in [5.41, 5.74) is 0.964. The Labute approximate surface area is 158 Å². The van der Waals surface area contributed by atoms with Gasteiger partial charge >= 0.3 is 0 Å². The quantitative estimate of drug-likeness (QED) is 0.612. The number of benzene rings is 1. The van der Waals surface area contributed by atoms with Gasteiger partial charge in [0.25, 0.3) is 5.91 Å². The Morgan fingerprint density at radius 2 is 1.89 bits per heavy atom. The molecule has 3 N–H and O–H groups in total. The summed E-state index contributed by atoms with van der Waals surface area (Å²) in [4.78, 5) is 49.0. The number of carbonyl (C=O) groups excluding carboxylic acids is 4. The standard InChI is InChI=1S/C19H26N4O4/c1-12(2)23-11-15(10-17(23)25)19(27)21-8-7-20-18(26)14-5-4-6-16(9-14)22-13(3)24/h4-6,9,12,15H,7-8,10-11H2,1-3H3,(H,20,26)(H,21,27)(H,22,24). The largest absolute Gasteiger partial charge is 0.354 e. The summed E-state index contributed by atoms with van der Waals surface area (Å²) in [6, 6.07) is 6.69. The predicted molar refractivity (Wildman–Crippen MR) is 101 cm³/mol. The predicted octanol–water partition coefficient (Wildman–Crippen LogP) is 0.748. The summed E-state index contributed by atoms with van der Waals surface area (Å²) in [6.07, 6.45) is 0.228. The van der Waals surface area contributed by atoms with E-state index in [-0.39, 0.29) is 55.1 Å². The van der Waals surface area contributed by atoms with Crippen LogP contribution in [0.1, 0.15) is 37.6 Å². The third-order valence-corrected chi connectivity index (χ3v) is 4.31. The zero-order valence-electron chi connectivity index (χ0n) is 15.9. The molecular formula is C19H26N4O4. The highest BCUT2D eigenvalue weighted by molar-refractivity contribution is 5.96. The molecule has 1 aromatic carbocycles. The van der Waals surface area contributed by atoms with E-state index in [4.69, 9.17) is 0 Å². The molecule has 0 spiro atoms. The molecule has 146 valence electrons. The van der Waals surface area contributed by atoms with Crippen LogP contribution in [0.15, 0.2) is 24.3 Å². The van der Waals surface area contributed by atoms with Crippen molar-refractivity contribution >= 4 is 29.3 Å². The average molecular weight is 374 g/mol. The van der Waals surface area contributed by atoms with Crippen molar-refractivity contribution < 1.29 is 19.2 Å². The van der Waals surface area contributed by atoms with Crippen LogP contribution in [0.5, 0.6) is 0 Å². The van der Waals surface area contributed by atoms with Crippen LogP contribution in [0, 0.1) is 5.92 Å². The second-order valence-electron chi connectivity index (χ2n) is 6.85. The van der Waals surface area contributed by atoms with Crippen molar-refractivity contribution in [2.45, 2.75) is 33.2 Å². The Balaban J connectivity index is 1.75. The zero-order chi connectivity index (χ0) is 20.0. The van der Waals surface area contributed by atoms with Crippen LogP contribution >= 0.6 is 0 Å². The van der Waals surface area contributed by atoms with Crippen LogP contribution in [0.3, 0.4) is 0 Å². The van der Waals surface area contributed by atoms with E-state index in [0.717, 1.165) is 0 Å². The van der Waals surface area contributed by atoms with E-state index in [1.165, 1.54) is 6.92 Å². The van der Waals surface area contributed by atoms with Crippen LogP contribution in [0.25, 0.3) is 0 Å². The third kappa shape index (κ3) is 5.80. The van der Waals surface area contributed by atoms with Gasteiger partial charge in [0.05, 0.1) is 5.92 Å². The van der Waals surface area contributed by atoms with Crippen molar-refractivity contribution in [2.75, 3.05) is 25.0 Å². The maximum Gasteiger partial charge on any atom is 0.251 e. The van der Waals surface area contributed by atoms with Gasteiger partial charge in [0.1, 0.15) is 0 Å². The Kier molecular flexibility index (Phi) is 6.92. The average Bonchev–Trinajstić information content (AvgIpc) is 3.00. The Morgan fingerprint density at radius 1 is 1.19 bits per heavy atom. The van der Waals surface area contributed by atoms with E-state index in [0.29, 0.717) is 17.8 Å². The molecular weight excluding hydrogens is 348 g/mol. The van der Waals surface area contributed by atoms with Crippen molar-refractivity contribution in [1.29, 1.82) is 0 Å². The van der Waals surface area contributed by atoms with Crippen LogP contribution in [-0.4, -0.2) is 54.2 Å². The molecule has 1 aliphatic heterocycles. The molecule has 1 unspecified atom stereocenters. The molecule has 0 aliphatic carbocycles. The van der Waals surface area contributed by atoms with E-state index in [2.05, 4.69) is 16.0 Å². The molecule has 1 heterocycles. The summed E-state index contributed by atoms with van der Waals surface area (Å²) < 4.78 is 0. The SMILES string of the molecule is CC(=O)Nc1cccc(C(=O)NCCNC(=O)C2CC(=O)N(C(C)C)C2)c1. The highest BCUT2D eigenvalue weighted by Gasteiger charge is 2.35. The molecule has 0 aromatic heterocycles. The van der Waals surface area contributed by atoms with Gasteiger partial charge in [0.2, 0.25) is 17.7 Å². The lowest BCUT2D eigenvalue weighted by molar-refractivity contribution is -0.129. The van der Waals surface area contributed by atoms with E-state index in [1.54, 1.807) is 29.2 Å². The fourth-order valence-corrected chi connectivity index (χ4v) is 2.96. The first-order chi connectivity index (χ1) is 12.8. The third-order valence-electron chi connectivity index (χ3n) is 4.31. The fraction of sp³-hybridized carbons (Fsp3) is 0.474. The highest BCUT2D eigenvalue weighted by Crippen LogP contribution is 2.20. The molecule has 8 nitrogen and oxygen atoms in total. The molecule has 1 aliphatic rings. The van der Waals surface area contributed by atoms with Gasteiger partial charge in [0.15, 0.2) is 0 Å². The summed E-state index contributed by atoms with van der Waals surface area (Å²) in [7, 11) is 0. The number of rotatable bonds is 7. The highest BCUT2D eigenvalue weighted by atomic mass is 16.2. The summed E-state index contributed by atoms with van der Waals surface area (Å²) in [5.74, 6) is -1.02. The minimum absolute atomic E-state index is 0.00231. The van der Waals surface area contributed by atoms with E-state index in [1.807, 2.05) is 13.8 Å².